The lowest BCUT2D eigenvalue weighted by Gasteiger charge is -1.98. The summed E-state index contributed by atoms with van der Waals surface area (Å²) < 4.78 is 9.09. The second kappa shape index (κ2) is 7.49. The van der Waals surface area contributed by atoms with Crippen molar-refractivity contribution in [2.24, 2.45) is 12.2 Å². The number of aromatic nitrogens is 2. The number of hydrogen-bond donors (Lipinski definition) is 1. The van der Waals surface area contributed by atoms with Gasteiger partial charge < -0.3 is 9.94 Å². The van der Waals surface area contributed by atoms with Gasteiger partial charge in [-0.3, -0.25) is 0 Å². The first kappa shape index (κ1) is 13.3. The zero-order chi connectivity index (χ0) is 12.5. The van der Waals surface area contributed by atoms with Crippen LogP contribution in [0.3, 0.4) is 0 Å². The van der Waals surface area contributed by atoms with E-state index in [0.29, 0.717) is 6.73 Å². The molecule has 0 unspecified atom stereocenters. The average molecular weight is 238 g/mol. The number of imidazole rings is 1. The minimum Gasteiger partial charge on any atom is -0.462 e. The predicted octanol–water partition coefficient (Wildman–Crippen LogP) is 1.80. The topological polar surface area (TPSA) is 50.6 Å². The van der Waals surface area contributed by atoms with E-state index in [1.807, 2.05) is 34.7 Å². The monoisotopic (exact) mass is 238 g/mol. The fourth-order valence-electron chi connectivity index (χ4n) is 1.44. The lowest BCUT2D eigenvalue weighted by atomic mass is 10.2. The van der Waals surface area contributed by atoms with Gasteiger partial charge in [-0.05, 0) is 18.9 Å². The predicted molar refractivity (Wildman–Crippen MR) is 64.7 cm³/mol. The SMILES string of the molecule is CCCCC=COCn1cc[n+](C)c1C=NO. The first-order valence-electron chi connectivity index (χ1n) is 5.78. The van der Waals surface area contributed by atoms with E-state index in [2.05, 4.69) is 12.1 Å². The van der Waals surface area contributed by atoms with Gasteiger partial charge in [-0.2, -0.15) is 4.57 Å². The highest BCUT2D eigenvalue weighted by atomic mass is 16.5. The smallest absolute Gasteiger partial charge is 0.306 e. The lowest BCUT2D eigenvalue weighted by Crippen LogP contribution is -2.32. The molecule has 5 nitrogen and oxygen atoms in total. The molecular formula is C12H20N3O2+. The van der Waals surface area contributed by atoms with E-state index in [0.717, 1.165) is 12.2 Å². The first-order valence-corrected chi connectivity index (χ1v) is 5.78. The van der Waals surface area contributed by atoms with Crippen molar-refractivity contribution >= 4 is 6.21 Å². The Kier molecular flexibility index (Phi) is 5.85. The maximum atomic E-state index is 8.54. The molecule has 0 radical (unpaired) electrons. The van der Waals surface area contributed by atoms with Crippen molar-refractivity contribution < 1.29 is 14.5 Å². The molecule has 0 saturated carbocycles. The molecule has 0 saturated heterocycles. The van der Waals surface area contributed by atoms with Crippen LogP contribution in [0.2, 0.25) is 0 Å². The molecule has 0 aliphatic heterocycles. The van der Waals surface area contributed by atoms with Gasteiger partial charge in [-0.1, -0.05) is 18.5 Å². The normalized spacial score (nSPS) is 11.6. The molecule has 17 heavy (non-hydrogen) atoms. The van der Waals surface area contributed by atoms with E-state index in [9.17, 15) is 0 Å². The largest absolute Gasteiger partial charge is 0.462 e. The van der Waals surface area contributed by atoms with Crippen LogP contribution in [-0.4, -0.2) is 16.0 Å². The van der Waals surface area contributed by atoms with Gasteiger partial charge in [0.05, 0.1) is 13.3 Å². The third-order valence-electron chi connectivity index (χ3n) is 2.43. The van der Waals surface area contributed by atoms with Crippen molar-refractivity contribution in [3.8, 4) is 0 Å². The van der Waals surface area contributed by atoms with Crippen LogP contribution in [0.25, 0.3) is 0 Å². The van der Waals surface area contributed by atoms with Gasteiger partial charge in [-0.25, -0.2) is 4.57 Å². The molecule has 0 spiro atoms. The van der Waals surface area contributed by atoms with Gasteiger partial charge in [0.1, 0.15) is 12.4 Å². The minimum absolute atomic E-state index is 0.408. The van der Waals surface area contributed by atoms with Crippen LogP contribution in [0.5, 0.6) is 0 Å². The van der Waals surface area contributed by atoms with Crippen LogP contribution in [0.15, 0.2) is 29.9 Å². The standard InChI is InChI=1S/C12H19N3O2/c1-3-4-5-6-9-17-11-15-8-7-14(2)12(15)10-13-16/h6-10H,3-5,11H2,1-2H3/p+1. The van der Waals surface area contributed by atoms with Crippen molar-refractivity contribution in [3.63, 3.8) is 0 Å². The molecular weight excluding hydrogens is 218 g/mol. The average Bonchev–Trinajstić information content (AvgIpc) is 2.66. The van der Waals surface area contributed by atoms with Gasteiger partial charge in [0.15, 0.2) is 6.21 Å². The highest BCUT2D eigenvalue weighted by Gasteiger charge is 2.11. The molecule has 0 aliphatic carbocycles. The molecule has 1 aromatic rings. The number of unbranched alkanes of at least 4 members (excludes halogenated alkanes) is 2. The Morgan fingerprint density at radius 1 is 1.59 bits per heavy atom. The van der Waals surface area contributed by atoms with Crippen LogP contribution in [0, 0.1) is 0 Å². The third kappa shape index (κ3) is 4.30. The number of rotatable bonds is 7. The summed E-state index contributed by atoms with van der Waals surface area (Å²) in [6, 6.07) is 0. The van der Waals surface area contributed by atoms with E-state index >= 15 is 0 Å². The zero-order valence-electron chi connectivity index (χ0n) is 10.4. The minimum atomic E-state index is 0.408. The fraction of sp³-hybridized carbons (Fsp3) is 0.500. The summed E-state index contributed by atoms with van der Waals surface area (Å²) in [5.41, 5.74) is 0. The number of allylic oxidation sites excluding steroid dienone is 1. The molecule has 1 aromatic heterocycles. The molecule has 0 amide bonds. The van der Waals surface area contributed by atoms with E-state index in [1.54, 1.807) is 6.26 Å². The first-order chi connectivity index (χ1) is 8.29. The summed E-state index contributed by atoms with van der Waals surface area (Å²) in [5.74, 6) is 0.773. The van der Waals surface area contributed by atoms with E-state index in [4.69, 9.17) is 9.94 Å². The number of nitrogens with zero attached hydrogens (tertiary/aromatic N) is 3. The molecule has 94 valence electrons. The Balaban J connectivity index is 2.44. The number of ether oxygens (including phenoxy) is 1. The molecule has 0 aliphatic rings. The summed E-state index contributed by atoms with van der Waals surface area (Å²) in [6.07, 6.45) is 12.3. The molecule has 0 fully saturated rings. The third-order valence-corrected chi connectivity index (χ3v) is 2.43. The van der Waals surface area contributed by atoms with Crippen molar-refractivity contribution in [2.45, 2.75) is 32.9 Å². The maximum Gasteiger partial charge on any atom is 0.306 e. The second-order valence-corrected chi connectivity index (χ2v) is 3.79. The van der Waals surface area contributed by atoms with Crippen LogP contribution in [0.1, 0.15) is 32.0 Å². The maximum absolute atomic E-state index is 8.54. The Morgan fingerprint density at radius 3 is 3.12 bits per heavy atom. The summed E-state index contributed by atoms with van der Waals surface area (Å²) >= 11 is 0. The fourth-order valence-corrected chi connectivity index (χ4v) is 1.44. The molecule has 0 atom stereocenters. The Labute approximate surface area is 102 Å². The Morgan fingerprint density at radius 2 is 2.41 bits per heavy atom. The lowest BCUT2D eigenvalue weighted by molar-refractivity contribution is -0.672. The van der Waals surface area contributed by atoms with Crippen molar-refractivity contribution in [3.05, 3.63) is 30.6 Å². The zero-order valence-corrected chi connectivity index (χ0v) is 10.4. The molecule has 1 heterocycles. The molecule has 1 N–H and O–H groups in total. The van der Waals surface area contributed by atoms with Gasteiger partial charge in [0, 0.05) is 0 Å². The van der Waals surface area contributed by atoms with Gasteiger partial charge in [0.2, 0.25) is 6.73 Å². The van der Waals surface area contributed by atoms with E-state index in [-0.39, 0.29) is 0 Å². The summed E-state index contributed by atoms with van der Waals surface area (Å²) in [6.45, 7) is 2.57. The van der Waals surface area contributed by atoms with Crippen LogP contribution >= 0.6 is 0 Å². The van der Waals surface area contributed by atoms with Gasteiger partial charge in [-0.15, -0.1) is 0 Å². The summed E-state index contributed by atoms with van der Waals surface area (Å²) in [5, 5.41) is 11.6. The van der Waals surface area contributed by atoms with Gasteiger partial charge in [0.25, 0.3) is 0 Å². The van der Waals surface area contributed by atoms with E-state index in [1.165, 1.54) is 19.1 Å². The molecule has 0 aromatic carbocycles. The van der Waals surface area contributed by atoms with E-state index < -0.39 is 0 Å². The number of oxime groups is 1. The van der Waals surface area contributed by atoms with Crippen molar-refractivity contribution in [1.29, 1.82) is 0 Å². The van der Waals surface area contributed by atoms with Crippen molar-refractivity contribution in [2.75, 3.05) is 0 Å². The number of aryl methyl sites for hydroxylation is 1. The quantitative estimate of drug-likeness (QED) is 0.197. The van der Waals surface area contributed by atoms with Gasteiger partial charge >= 0.3 is 5.82 Å². The Bertz CT molecular complexity index is 383. The summed E-state index contributed by atoms with van der Waals surface area (Å²) in [4.78, 5) is 0. The second-order valence-electron chi connectivity index (χ2n) is 3.79. The highest BCUT2D eigenvalue weighted by molar-refractivity contribution is 5.72. The van der Waals surface area contributed by atoms with Crippen LogP contribution in [0.4, 0.5) is 0 Å². The summed E-state index contributed by atoms with van der Waals surface area (Å²) in [7, 11) is 1.88. The van der Waals surface area contributed by atoms with Crippen molar-refractivity contribution in [1.82, 2.24) is 4.57 Å². The Hall–Kier alpha value is -1.78. The molecule has 5 heteroatoms. The van der Waals surface area contributed by atoms with Crippen LogP contribution < -0.4 is 4.57 Å². The highest BCUT2D eigenvalue weighted by Crippen LogP contribution is 1.97. The molecule has 0 bridgehead atoms. The number of hydrogen-bond acceptors (Lipinski definition) is 3. The molecule has 1 rings (SSSR count). The van der Waals surface area contributed by atoms with Crippen LogP contribution in [-0.2, 0) is 18.5 Å².